The van der Waals surface area contributed by atoms with Crippen molar-refractivity contribution in [2.24, 2.45) is 11.8 Å². The summed E-state index contributed by atoms with van der Waals surface area (Å²) in [6, 6.07) is 1.85. The van der Waals surface area contributed by atoms with Crippen molar-refractivity contribution in [1.29, 1.82) is 0 Å². The van der Waals surface area contributed by atoms with Gasteiger partial charge >= 0.3 is 5.97 Å². The number of benzene rings is 1. The van der Waals surface area contributed by atoms with Gasteiger partial charge in [-0.25, -0.2) is 13.6 Å². The molecule has 0 saturated carbocycles. The number of esters is 1. The molecule has 2 aliphatic rings. The number of rotatable bonds is 12. The Morgan fingerprint density at radius 2 is 1.92 bits per heavy atom. The van der Waals surface area contributed by atoms with Gasteiger partial charge in [0.1, 0.15) is 29.9 Å². The van der Waals surface area contributed by atoms with Gasteiger partial charge in [-0.2, -0.15) is 0 Å². The second-order valence-electron chi connectivity index (χ2n) is 10.5. The Bertz CT molecular complexity index is 879. The molecule has 0 unspecified atom stereocenters. The predicted molar refractivity (Wildman–Crippen MR) is 131 cm³/mol. The zero-order valence-electron chi connectivity index (χ0n) is 21.7. The van der Waals surface area contributed by atoms with Crippen LogP contribution >= 0.6 is 0 Å². The average Bonchev–Trinajstić information content (AvgIpc) is 3.42. The first-order valence-corrected chi connectivity index (χ1v) is 13.1. The van der Waals surface area contributed by atoms with E-state index in [4.69, 9.17) is 9.47 Å². The van der Waals surface area contributed by atoms with Crippen LogP contribution in [0, 0.1) is 23.5 Å². The number of carbonyl (C=O) groups is 2. The summed E-state index contributed by atoms with van der Waals surface area (Å²) in [6.07, 6.45) is 0.498. The minimum Gasteiger partial charge on any atom is -0.458 e. The summed E-state index contributed by atoms with van der Waals surface area (Å²) in [5.74, 6) is -1.94. The lowest BCUT2D eigenvalue weighted by Crippen LogP contribution is -2.49. The van der Waals surface area contributed by atoms with Crippen LogP contribution in [0.15, 0.2) is 18.2 Å². The number of likely N-dealkylation sites (tertiary alicyclic amines) is 1. The lowest BCUT2D eigenvalue weighted by Gasteiger charge is -2.30. The number of nitrogens with one attached hydrogen (secondary N) is 1. The molecule has 36 heavy (non-hydrogen) atoms. The molecule has 0 spiro atoms. The Kier molecular flexibility index (Phi) is 10.2. The first-order chi connectivity index (χ1) is 17.1. The third kappa shape index (κ3) is 7.46. The highest BCUT2D eigenvalue weighted by atomic mass is 19.1. The van der Waals surface area contributed by atoms with Crippen LogP contribution in [-0.2, 0) is 25.5 Å². The Morgan fingerprint density at radius 1 is 1.22 bits per heavy atom. The second-order valence-corrected chi connectivity index (χ2v) is 10.5. The van der Waals surface area contributed by atoms with Gasteiger partial charge in [0.15, 0.2) is 0 Å². The third-order valence-corrected chi connectivity index (χ3v) is 7.02. The number of aliphatic hydroxyl groups excluding tert-OH is 1. The molecular formula is C27H40F2N2O5. The largest absolute Gasteiger partial charge is 0.458 e. The summed E-state index contributed by atoms with van der Waals surface area (Å²) in [6.45, 7) is 9.37. The van der Waals surface area contributed by atoms with E-state index in [0.717, 1.165) is 31.0 Å². The normalized spacial score (nSPS) is 24.8. The van der Waals surface area contributed by atoms with Crippen LogP contribution < -0.4 is 5.32 Å². The molecule has 0 aromatic heterocycles. The zero-order valence-corrected chi connectivity index (χ0v) is 21.7. The van der Waals surface area contributed by atoms with Crippen LogP contribution in [0.5, 0.6) is 0 Å². The van der Waals surface area contributed by atoms with Crippen molar-refractivity contribution in [3.05, 3.63) is 35.4 Å². The molecule has 0 aliphatic carbocycles. The highest BCUT2D eigenvalue weighted by Gasteiger charge is 2.40. The summed E-state index contributed by atoms with van der Waals surface area (Å²) in [7, 11) is 0. The van der Waals surface area contributed by atoms with Crippen LogP contribution in [-0.4, -0.2) is 72.0 Å². The number of hydrogen-bond acceptors (Lipinski definition) is 6. The number of hydrogen-bond donors (Lipinski definition) is 2. The average molecular weight is 511 g/mol. The highest BCUT2D eigenvalue weighted by Crippen LogP contribution is 2.27. The molecule has 9 heteroatoms. The van der Waals surface area contributed by atoms with E-state index in [-0.39, 0.29) is 29.9 Å². The number of ether oxygens (including phenoxy) is 2. The SMILES string of the molecule is CCCO[C@H]1CN[C@@H]([C@@H](O)[C@H](Cc2cc(F)cc(F)c2)OC(=O)[C@H](C)N2CC[C@H](CC(C)C)C2=O)C1. The summed E-state index contributed by atoms with van der Waals surface area (Å²) in [5, 5.41) is 14.4. The van der Waals surface area contributed by atoms with Crippen molar-refractivity contribution in [2.45, 2.75) is 90.2 Å². The van der Waals surface area contributed by atoms with Crippen LogP contribution in [0.4, 0.5) is 8.78 Å². The maximum atomic E-state index is 13.8. The molecule has 2 fully saturated rings. The molecule has 7 nitrogen and oxygen atoms in total. The molecule has 0 bridgehead atoms. The van der Waals surface area contributed by atoms with E-state index < -0.39 is 41.9 Å². The van der Waals surface area contributed by atoms with E-state index in [9.17, 15) is 23.5 Å². The first kappa shape index (κ1) is 28.5. The number of halogens is 2. The van der Waals surface area contributed by atoms with Crippen molar-refractivity contribution in [2.75, 3.05) is 19.7 Å². The standard InChI is InChI=1S/C27H40F2N2O5/c1-5-8-35-22-14-23(30-15-22)25(32)24(12-18-10-20(28)13-21(29)11-18)36-27(34)17(4)31-7-6-19(26(31)33)9-16(2)3/h10-11,13,16-17,19,22-25,30,32H,5-9,12,14-15H2,1-4H3/t17-,19+,22+,23+,24-,25+/m0/s1. The molecular weight excluding hydrogens is 470 g/mol. The van der Waals surface area contributed by atoms with Crippen LogP contribution in [0.3, 0.4) is 0 Å². The number of nitrogens with zero attached hydrogens (tertiary/aromatic N) is 1. The smallest absolute Gasteiger partial charge is 0.328 e. The van der Waals surface area contributed by atoms with Gasteiger partial charge in [-0.1, -0.05) is 20.8 Å². The van der Waals surface area contributed by atoms with Gasteiger partial charge in [0, 0.05) is 44.1 Å². The van der Waals surface area contributed by atoms with E-state index in [1.165, 1.54) is 4.90 Å². The summed E-state index contributed by atoms with van der Waals surface area (Å²) in [5.41, 5.74) is 0.267. The van der Waals surface area contributed by atoms with Gasteiger partial charge in [-0.05, 0) is 56.2 Å². The van der Waals surface area contributed by atoms with Crippen molar-refractivity contribution >= 4 is 11.9 Å². The molecule has 1 amide bonds. The summed E-state index contributed by atoms with van der Waals surface area (Å²) < 4.78 is 39.2. The van der Waals surface area contributed by atoms with Crippen LogP contribution in [0.1, 0.15) is 58.9 Å². The van der Waals surface area contributed by atoms with Crippen LogP contribution in [0.25, 0.3) is 0 Å². The van der Waals surface area contributed by atoms with Crippen molar-refractivity contribution < 1.29 is 33.0 Å². The topological polar surface area (TPSA) is 88.1 Å². The lowest BCUT2D eigenvalue weighted by atomic mass is 9.96. The van der Waals surface area contributed by atoms with Crippen molar-refractivity contribution in [3.63, 3.8) is 0 Å². The lowest BCUT2D eigenvalue weighted by molar-refractivity contribution is -0.164. The Balaban J connectivity index is 1.72. The van der Waals surface area contributed by atoms with E-state index in [1.807, 2.05) is 6.92 Å². The van der Waals surface area contributed by atoms with Crippen molar-refractivity contribution in [1.82, 2.24) is 10.2 Å². The quantitative estimate of drug-likeness (QED) is 0.420. The Morgan fingerprint density at radius 3 is 2.56 bits per heavy atom. The van der Waals surface area contributed by atoms with Crippen molar-refractivity contribution in [3.8, 4) is 0 Å². The second kappa shape index (κ2) is 12.9. The van der Waals surface area contributed by atoms with Gasteiger partial charge in [-0.3, -0.25) is 4.79 Å². The van der Waals surface area contributed by atoms with Gasteiger partial charge in [0.2, 0.25) is 5.91 Å². The predicted octanol–water partition coefficient (Wildman–Crippen LogP) is 3.22. The van der Waals surface area contributed by atoms with Gasteiger partial charge < -0.3 is 24.8 Å². The summed E-state index contributed by atoms with van der Waals surface area (Å²) >= 11 is 0. The minimum atomic E-state index is -1.13. The van der Waals surface area contributed by atoms with E-state index in [1.54, 1.807) is 6.92 Å². The molecule has 202 valence electrons. The van der Waals surface area contributed by atoms with Gasteiger partial charge in [0.05, 0.1) is 6.10 Å². The molecule has 3 rings (SSSR count). The number of amides is 1. The molecule has 1 aromatic carbocycles. The zero-order chi connectivity index (χ0) is 26.4. The molecule has 6 atom stereocenters. The monoisotopic (exact) mass is 510 g/mol. The molecule has 2 N–H and O–H groups in total. The maximum absolute atomic E-state index is 13.8. The third-order valence-electron chi connectivity index (χ3n) is 7.02. The molecule has 2 saturated heterocycles. The van der Waals surface area contributed by atoms with Crippen LogP contribution in [0.2, 0.25) is 0 Å². The molecule has 2 heterocycles. The Labute approximate surface area is 212 Å². The molecule has 1 aromatic rings. The Hall–Kier alpha value is -2.10. The highest BCUT2D eigenvalue weighted by molar-refractivity contribution is 5.87. The fourth-order valence-electron chi connectivity index (χ4n) is 5.17. The van der Waals surface area contributed by atoms with E-state index in [2.05, 4.69) is 19.2 Å². The molecule has 0 radical (unpaired) electrons. The molecule has 2 aliphatic heterocycles. The fourth-order valence-corrected chi connectivity index (χ4v) is 5.17. The summed E-state index contributed by atoms with van der Waals surface area (Å²) in [4.78, 5) is 27.5. The maximum Gasteiger partial charge on any atom is 0.328 e. The first-order valence-electron chi connectivity index (χ1n) is 13.1. The fraction of sp³-hybridized carbons (Fsp3) is 0.704. The van der Waals surface area contributed by atoms with E-state index >= 15 is 0 Å². The minimum absolute atomic E-state index is 0.0641. The number of aliphatic hydroxyl groups is 1. The van der Waals surface area contributed by atoms with Gasteiger partial charge in [-0.15, -0.1) is 0 Å². The van der Waals surface area contributed by atoms with Gasteiger partial charge in [0.25, 0.3) is 0 Å². The van der Waals surface area contributed by atoms with E-state index in [0.29, 0.717) is 38.5 Å². The number of carbonyl (C=O) groups excluding carboxylic acids is 2.